The van der Waals surface area contributed by atoms with Crippen molar-refractivity contribution in [2.24, 2.45) is 0 Å². The maximum absolute atomic E-state index is 13.9. The van der Waals surface area contributed by atoms with Gasteiger partial charge in [0.05, 0.1) is 11.4 Å². The minimum atomic E-state index is -0.270. The third kappa shape index (κ3) is 2.69. The van der Waals surface area contributed by atoms with Crippen LogP contribution in [0.1, 0.15) is 5.69 Å². The van der Waals surface area contributed by atoms with Gasteiger partial charge in [0, 0.05) is 44.5 Å². The Morgan fingerprint density at radius 2 is 1.92 bits per heavy atom. The van der Waals surface area contributed by atoms with Crippen LogP contribution in [-0.4, -0.2) is 47.3 Å². The van der Waals surface area contributed by atoms with Crippen LogP contribution in [0.2, 0.25) is 0 Å². The summed E-state index contributed by atoms with van der Waals surface area (Å²) in [5.41, 5.74) is 3.53. The highest BCUT2D eigenvalue weighted by molar-refractivity contribution is 5.69. The van der Waals surface area contributed by atoms with Crippen LogP contribution in [0.15, 0.2) is 36.5 Å². The number of hydrogen-bond donors (Lipinski definition) is 1. The highest BCUT2D eigenvalue weighted by Gasteiger charge is 2.21. The first kappa shape index (κ1) is 15.6. The van der Waals surface area contributed by atoms with Crippen LogP contribution in [0.25, 0.3) is 16.9 Å². The Kier molecular flexibility index (Phi) is 3.76. The zero-order valence-corrected chi connectivity index (χ0v) is 14.2. The summed E-state index contributed by atoms with van der Waals surface area (Å²) in [4.78, 5) is 7.14. The number of aromatic nitrogens is 2. The summed E-state index contributed by atoms with van der Waals surface area (Å²) < 4.78 is 26.6. The second-order valence-electron chi connectivity index (χ2n) is 6.58. The van der Waals surface area contributed by atoms with Crippen molar-refractivity contribution in [1.82, 2.24) is 19.6 Å². The molecule has 7 heteroatoms. The molecule has 6 nitrogen and oxygen atoms in total. The topological polar surface area (TPSA) is 51.0 Å². The first-order valence-electron chi connectivity index (χ1n) is 8.77. The SMILES string of the molecule is Fc1ccc2nc(-c3ccc4c(c3)OCO4)c(CN3CCNCC3)n2c1. The van der Waals surface area contributed by atoms with Crippen molar-refractivity contribution >= 4 is 5.65 Å². The summed E-state index contributed by atoms with van der Waals surface area (Å²) in [6, 6.07) is 8.99. The lowest BCUT2D eigenvalue weighted by atomic mass is 10.1. The number of piperazine rings is 1. The molecular formula is C19H19FN4O2. The van der Waals surface area contributed by atoms with Gasteiger partial charge in [-0.25, -0.2) is 9.37 Å². The van der Waals surface area contributed by atoms with Gasteiger partial charge in [0.2, 0.25) is 6.79 Å². The summed E-state index contributed by atoms with van der Waals surface area (Å²) in [6.07, 6.45) is 1.51. The summed E-state index contributed by atoms with van der Waals surface area (Å²) in [5.74, 6) is 1.19. The Morgan fingerprint density at radius 3 is 2.81 bits per heavy atom. The average Bonchev–Trinajstić information content (AvgIpc) is 3.27. The highest BCUT2D eigenvalue weighted by atomic mass is 19.1. The molecule has 2 aliphatic heterocycles. The Morgan fingerprint density at radius 1 is 1.08 bits per heavy atom. The Balaban J connectivity index is 1.62. The fourth-order valence-electron chi connectivity index (χ4n) is 3.57. The molecule has 2 aliphatic rings. The zero-order valence-electron chi connectivity index (χ0n) is 14.2. The average molecular weight is 354 g/mol. The van der Waals surface area contributed by atoms with Gasteiger partial charge in [-0.1, -0.05) is 0 Å². The van der Waals surface area contributed by atoms with Gasteiger partial charge in [0.25, 0.3) is 0 Å². The van der Waals surface area contributed by atoms with Crippen molar-refractivity contribution in [2.75, 3.05) is 33.0 Å². The molecule has 0 amide bonds. The van der Waals surface area contributed by atoms with E-state index in [1.54, 1.807) is 6.07 Å². The first-order chi connectivity index (χ1) is 12.8. The van der Waals surface area contributed by atoms with Crippen LogP contribution in [0.3, 0.4) is 0 Å². The second-order valence-corrected chi connectivity index (χ2v) is 6.58. The van der Waals surface area contributed by atoms with Crippen molar-refractivity contribution < 1.29 is 13.9 Å². The van der Waals surface area contributed by atoms with E-state index in [-0.39, 0.29) is 12.6 Å². The lowest BCUT2D eigenvalue weighted by Gasteiger charge is -2.27. The van der Waals surface area contributed by atoms with E-state index in [1.165, 1.54) is 12.3 Å². The number of nitrogens with zero attached hydrogens (tertiary/aromatic N) is 3. The largest absolute Gasteiger partial charge is 0.454 e. The van der Waals surface area contributed by atoms with Crippen LogP contribution < -0.4 is 14.8 Å². The van der Waals surface area contributed by atoms with Gasteiger partial charge in [-0.15, -0.1) is 0 Å². The van der Waals surface area contributed by atoms with Crippen LogP contribution >= 0.6 is 0 Å². The van der Waals surface area contributed by atoms with Gasteiger partial charge in [-0.3, -0.25) is 9.30 Å². The molecule has 0 saturated carbocycles. The third-order valence-corrected chi connectivity index (χ3v) is 4.91. The number of halogens is 1. The third-order valence-electron chi connectivity index (χ3n) is 4.91. The lowest BCUT2D eigenvalue weighted by Crippen LogP contribution is -2.43. The standard InChI is InChI=1S/C19H19FN4O2/c20-14-2-4-18-22-19(13-1-3-16-17(9-13)26-12-25-16)15(24(18)10-14)11-23-7-5-21-6-8-23/h1-4,9-10,21H,5-8,11-12H2. The number of rotatable bonds is 3. The van der Waals surface area contributed by atoms with Gasteiger partial charge in [-0.05, 0) is 30.3 Å². The fraction of sp³-hybridized carbons (Fsp3) is 0.316. The quantitative estimate of drug-likeness (QED) is 0.782. The molecule has 0 unspecified atom stereocenters. The molecule has 4 heterocycles. The van der Waals surface area contributed by atoms with Crippen LogP contribution in [0.4, 0.5) is 4.39 Å². The van der Waals surface area contributed by atoms with Gasteiger partial charge >= 0.3 is 0 Å². The molecule has 0 aliphatic carbocycles. The van der Waals surface area contributed by atoms with Crippen molar-refractivity contribution in [3.8, 4) is 22.8 Å². The molecular weight excluding hydrogens is 335 g/mol. The Bertz CT molecular complexity index is 966. The molecule has 0 atom stereocenters. The molecule has 0 radical (unpaired) electrons. The molecule has 3 aromatic rings. The zero-order chi connectivity index (χ0) is 17.5. The molecule has 1 aromatic carbocycles. The summed E-state index contributed by atoms with van der Waals surface area (Å²) in [6.45, 7) is 4.81. The molecule has 1 saturated heterocycles. The monoisotopic (exact) mass is 354 g/mol. The van der Waals surface area contributed by atoms with Gasteiger partial charge < -0.3 is 14.8 Å². The van der Waals surface area contributed by atoms with E-state index in [4.69, 9.17) is 14.5 Å². The normalized spacial score (nSPS) is 17.1. The van der Waals surface area contributed by atoms with E-state index < -0.39 is 0 Å². The van der Waals surface area contributed by atoms with E-state index in [1.807, 2.05) is 22.6 Å². The van der Waals surface area contributed by atoms with Crippen LogP contribution in [0.5, 0.6) is 11.5 Å². The van der Waals surface area contributed by atoms with E-state index in [9.17, 15) is 4.39 Å². The maximum atomic E-state index is 13.9. The van der Waals surface area contributed by atoms with Crippen molar-refractivity contribution in [1.29, 1.82) is 0 Å². The predicted molar refractivity (Wildman–Crippen MR) is 94.9 cm³/mol. The Labute approximate surface area is 150 Å². The highest BCUT2D eigenvalue weighted by Crippen LogP contribution is 2.37. The molecule has 1 N–H and O–H groups in total. The van der Waals surface area contributed by atoms with Gasteiger partial charge in [0.15, 0.2) is 11.5 Å². The minimum absolute atomic E-state index is 0.239. The fourth-order valence-corrected chi connectivity index (χ4v) is 3.57. The molecule has 134 valence electrons. The first-order valence-corrected chi connectivity index (χ1v) is 8.77. The number of ether oxygens (including phenoxy) is 2. The van der Waals surface area contributed by atoms with Gasteiger partial charge in [-0.2, -0.15) is 0 Å². The van der Waals surface area contributed by atoms with Crippen molar-refractivity contribution in [3.63, 3.8) is 0 Å². The summed E-state index contributed by atoms with van der Waals surface area (Å²) >= 11 is 0. The molecule has 5 rings (SSSR count). The number of nitrogens with one attached hydrogen (secondary N) is 1. The number of pyridine rings is 1. The molecule has 0 bridgehead atoms. The summed E-state index contributed by atoms with van der Waals surface area (Å²) in [7, 11) is 0. The molecule has 26 heavy (non-hydrogen) atoms. The lowest BCUT2D eigenvalue weighted by molar-refractivity contribution is 0.174. The number of hydrogen-bond acceptors (Lipinski definition) is 5. The second kappa shape index (κ2) is 6.26. The minimum Gasteiger partial charge on any atom is -0.454 e. The number of imidazole rings is 1. The molecule has 1 fully saturated rings. The van der Waals surface area contributed by atoms with E-state index in [2.05, 4.69) is 10.2 Å². The van der Waals surface area contributed by atoms with Crippen LogP contribution in [-0.2, 0) is 6.54 Å². The predicted octanol–water partition coefficient (Wildman–Crippen LogP) is 2.27. The summed E-state index contributed by atoms with van der Waals surface area (Å²) in [5, 5.41) is 3.36. The van der Waals surface area contributed by atoms with Crippen molar-refractivity contribution in [2.45, 2.75) is 6.54 Å². The molecule has 2 aromatic heterocycles. The van der Waals surface area contributed by atoms with E-state index in [0.29, 0.717) is 0 Å². The molecule has 0 spiro atoms. The van der Waals surface area contributed by atoms with E-state index >= 15 is 0 Å². The van der Waals surface area contributed by atoms with Crippen LogP contribution in [0, 0.1) is 5.82 Å². The Hall–Kier alpha value is -2.64. The maximum Gasteiger partial charge on any atom is 0.231 e. The number of benzene rings is 1. The smallest absolute Gasteiger partial charge is 0.231 e. The van der Waals surface area contributed by atoms with Gasteiger partial charge in [0.1, 0.15) is 11.5 Å². The van der Waals surface area contributed by atoms with Crippen molar-refractivity contribution in [3.05, 3.63) is 48.0 Å². The number of fused-ring (bicyclic) bond motifs is 2. The van der Waals surface area contributed by atoms with E-state index in [0.717, 1.165) is 66.8 Å².